The fraction of sp³-hybridized carbons (Fsp3) is 0.691. The van der Waals surface area contributed by atoms with E-state index in [1.165, 1.54) is 42.0 Å². The first-order valence-corrected chi connectivity index (χ1v) is 38.6. The fourth-order valence-corrected chi connectivity index (χ4v) is 13.6. The molecule has 5 rings (SSSR count). The van der Waals surface area contributed by atoms with Crippen molar-refractivity contribution in [1.82, 2.24) is 51.7 Å². The summed E-state index contributed by atoms with van der Waals surface area (Å²) in [4.78, 5) is 152. The molecule has 3 aliphatic heterocycles. The summed E-state index contributed by atoms with van der Waals surface area (Å²) in [5.41, 5.74) is 18.3. The van der Waals surface area contributed by atoms with Gasteiger partial charge in [-0.15, -0.1) is 0 Å². The molecule has 109 heavy (non-hydrogen) atoms. The number of aromatic nitrogens is 1. The number of carbonyl (C=O) groups excluding carboxylic acids is 11. The van der Waals surface area contributed by atoms with Gasteiger partial charge in [-0.2, -0.15) is 11.8 Å². The maximum atomic E-state index is 15.2. The number of fused-ring (bicyclic) bond motifs is 4. The number of primary amides is 2. The number of imide groups is 1. The number of rotatable bonds is 49. The van der Waals surface area contributed by atoms with Crippen molar-refractivity contribution in [3.63, 3.8) is 0 Å². The third-order valence-corrected chi connectivity index (χ3v) is 20.0. The van der Waals surface area contributed by atoms with Gasteiger partial charge in [-0.05, 0) is 18.1 Å². The number of ether oxygens (including phenoxy) is 9. The number of H-pyrrole nitrogens is 1. The molecule has 4 heterocycles. The van der Waals surface area contributed by atoms with E-state index in [1.54, 1.807) is 20.8 Å². The third kappa shape index (κ3) is 31.6. The molecule has 2 saturated heterocycles. The minimum atomic E-state index is -2.50. The smallest absolute Gasteiger partial charge is 0.248 e. The molecule has 41 heteroatoms. The number of carbonyl (C=O) groups is 11. The van der Waals surface area contributed by atoms with Crippen LogP contribution < -0.4 is 54.9 Å². The second-order valence-electron chi connectivity index (χ2n) is 25.8. The Bertz CT molecular complexity index is 3290. The number of phenolic OH excluding ortho intramolecular Hbond substituents is 1. The van der Waals surface area contributed by atoms with E-state index >= 15 is 4.55 Å². The van der Waals surface area contributed by atoms with Crippen molar-refractivity contribution >= 4 is 98.8 Å². The number of hydrogen-bond donors (Lipinski definition) is 15. The van der Waals surface area contributed by atoms with E-state index < -0.39 is 169 Å². The second-order valence-corrected chi connectivity index (χ2v) is 28.4. The largest absolute Gasteiger partial charge is 0.610 e. The molecule has 1 unspecified atom stereocenters. The molecule has 2 fully saturated rings. The molecule has 0 spiro atoms. The van der Waals surface area contributed by atoms with Crippen molar-refractivity contribution in [3.05, 3.63) is 35.2 Å². The van der Waals surface area contributed by atoms with Gasteiger partial charge in [0.05, 0.1) is 169 Å². The molecule has 0 aliphatic carbocycles. The fourth-order valence-electron chi connectivity index (χ4n) is 11.4. The molecule has 1 aromatic carbocycles. The Hall–Kier alpha value is -7.59. The number of aromatic hydroxyl groups is 1. The molecule has 0 radical (unpaired) electrons. The number of nitrogens with two attached hydrogens (primary N) is 4. The van der Waals surface area contributed by atoms with Crippen LogP contribution in [0.4, 0.5) is 0 Å². The zero-order valence-corrected chi connectivity index (χ0v) is 63.8. The summed E-state index contributed by atoms with van der Waals surface area (Å²) in [6.45, 7) is 10.6. The molecule has 11 atom stereocenters. The van der Waals surface area contributed by atoms with E-state index in [2.05, 4.69) is 36.9 Å². The number of thioether (sulfide) groups is 1. The second kappa shape index (κ2) is 49.6. The lowest BCUT2D eigenvalue weighted by Gasteiger charge is -2.32. The highest BCUT2D eigenvalue weighted by Gasteiger charge is 2.46. The minimum absolute atomic E-state index is 0.00223. The monoisotopic (exact) mass is 1590 g/mol. The van der Waals surface area contributed by atoms with Gasteiger partial charge in [0.15, 0.2) is 6.04 Å². The van der Waals surface area contributed by atoms with Gasteiger partial charge in [-0.1, -0.05) is 34.1 Å². The molecule has 11 amide bonds. The van der Waals surface area contributed by atoms with Gasteiger partial charge in [-0.25, -0.2) is 5.84 Å². The lowest BCUT2D eigenvalue weighted by molar-refractivity contribution is -0.144. The molecular formula is C68H110N14O25S2. The first kappa shape index (κ1) is 92.0. The first-order chi connectivity index (χ1) is 52.2. The molecule has 19 N–H and O–H groups in total. The molecular weight excluding hydrogens is 1480 g/mol. The van der Waals surface area contributed by atoms with Crippen LogP contribution >= 0.6 is 11.8 Å². The topological polar surface area (TPSA) is 577 Å². The standard InChI is InChI=1S/C68H110N14O25S2/c1-5-41(3)59(77-55(88)6-2)65(95)73-34-56(89)74-50-40-109(98)67-46(32-48(62(71)92)75-66(96)60(42(4)53(86)38-83)78-64(94)51-31-44(84)37-81(51)68(97)49(33-54(70)87)76-63(50)93)45-7-8-52(85)47(61(45)79-67)39-108-30-29-107-28-27-106-26-25-105-24-23-104-22-21-103-20-19-102-18-17-101-16-15-100-14-13-99-12-11-80(72)35-43(69)36-82-57(90)9-10-58(82)91/h7-8,35,41-42,44,48-51,53,59-60,79,83-86H,5-6,9-34,36-40,69,72H2,1-4H3,(H2,70,87)(H2,71,92)(H,73,95)(H,74,89)(H,75,96)(H,76,93)(H,77,88)(H,78,94)/b43-35-/t41-,42-,44+,48-,49-,50+,51-,53-,59-,60-,109?/m0/s1. The highest BCUT2D eigenvalue weighted by molar-refractivity contribution is 7.98. The summed E-state index contributed by atoms with van der Waals surface area (Å²) in [7, 11) is 0. The Morgan fingerprint density at radius 2 is 1.31 bits per heavy atom. The Labute approximate surface area is 639 Å². The summed E-state index contributed by atoms with van der Waals surface area (Å²) >= 11 is -1.17. The molecule has 0 bridgehead atoms. The molecule has 0 saturated carbocycles. The predicted octanol–water partition coefficient (Wildman–Crippen LogP) is -5.65. The normalized spacial score (nSPS) is 20.8. The van der Waals surface area contributed by atoms with Crippen LogP contribution in [0.1, 0.15) is 77.3 Å². The summed E-state index contributed by atoms with van der Waals surface area (Å²) < 4.78 is 65.3. The number of amides is 11. The molecule has 39 nitrogen and oxygen atoms in total. The zero-order chi connectivity index (χ0) is 80.0. The van der Waals surface area contributed by atoms with E-state index in [4.69, 9.17) is 65.7 Å². The molecule has 2 aromatic rings. The number of hydrogen-bond acceptors (Lipinski definition) is 29. The van der Waals surface area contributed by atoms with Crippen LogP contribution in [0.2, 0.25) is 0 Å². The number of aromatic amines is 1. The van der Waals surface area contributed by atoms with E-state index in [0.717, 1.165) is 9.80 Å². The van der Waals surface area contributed by atoms with Crippen molar-refractivity contribution in [2.75, 3.05) is 163 Å². The van der Waals surface area contributed by atoms with Crippen molar-refractivity contribution in [2.24, 2.45) is 34.9 Å². The number of hydrazine groups is 1. The first-order valence-electron chi connectivity index (χ1n) is 36.1. The summed E-state index contributed by atoms with van der Waals surface area (Å²) in [6, 6.07) is -7.23. The van der Waals surface area contributed by atoms with Gasteiger partial charge >= 0.3 is 0 Å². The van der Waals surface area contributed by atoms with Crippen molar-refractivity contribution in [3.8, 4) is 5.75 Å². The molecule has 1 aromatic heterocycles. The van der Waals surface area contributed by atoms with Crippen LogP contribution in [0.25, 0.3) is 10.9 Å². The SMILES string of the molecule is CCC(=O)N[C@H](C(=O)NCC(=O)N[C@@H]1C[S+]([O-])c2[nH]c3c(CSCCOCCOCCOCCOCCOCCOCCOCCOCCOCCN(N)/C=C(\N)CN4C(=O)CCC4=O)c(O)ccc3c2C[C@@H](C(N)=O)NC(=O)[C@H]([C@@H](C)[C@@H](O)CO)NC(=O)[C@@H]2C[C@@H](O)CN2C(=O)[C@H](CC(N)=O)NC1=O)[C@@H](C)CC. The van der Waals surface area contributed by atoms with Crippen LogP contribution in [0.15, 0.2) is 29.1 Å². The number of nitrogens with zero attached hydrogens (tertiary/aromatic N) is 3. The minimum Gasteiger partial charge on any atom is -0.610 e. The number of phenols is 1. The Morgan fingerprint density at radius 1 is 0.761 bits per heavy atom. The Kier molecular flexibility index (Phi) is 41.9. The van der Waals surface area contributed by atoms with E-state index in [9.17, 15) is 73.2 Å². The maximum absolute atomic E-state index is 15.2. The Balaban J connectivity index is 1.10. The number of nitrogens with one attached hydrogen (secondary N) is 7. The van der Waals surface area contributed by atoms with Crippen molar-refractivity contribution < 1.29 is 120 Å². The third-order valence-electron chi connectivity index (χ3n) is 17.6. The highest BCUT2D eigenvalue weighted by atomic mass is 32.2. The Morgan fingerprint density at radius 3 is 1.83 bits per heavy atom. The lowest BCUT2D eigenvalue weighted by Crippen LogP contribution is -2.61. The lowest BCUT2D eigenvalue weighted by atomic mass is 9.94. The van der Waals surface area contributed by atoms with Crippen LogP contribution in [0.5, 0.6) is 5.75 Å². The van der Waals surface area contributed by atoms with Gasteiger partial charge < -0.3 is 132 Å². The van der Waals surface area contributed by atoms with Gasteiger partial charge in [0.25, 0.3) is 0 Å². The van der Waals surface area contributed by atoms with Crippen LogP contribution in [-0.4, -0.2) is 321 Å². The van der Waals surface area contributed by atoms with E-state index in [-0.39, 0.29) is 102 Å². The quantitative estimate of drug-likeness (QED) is 0.00965. The summed E-state index contributed by atoms with van der Waals surface area (Å²) in [6.07, 6.45) is -2.61. The number of aliphatic hydroxyl groups is 3. The summed E-state index contributed by atoms with van der Waals surface area (Å²) in [5, 5.41) is 59.3. The average molecular weight is 1590 g/mol. The number of benzene rings is 1. The van der Waals surface area contributed by atoms with Gasteiger partial charge in [0.2, 0.25) is 70.0 Å². The van der Waals surface area contributed by atoms with Gasteiger partial charge in [0, 0.05) is 95.7 Å². The zero-order valence-electron chi connectivity index (χ0n) is 62.2. The van der Waals surface area contributed by atoms with Gasteiger partial charge in [0.1, 0.15) is 41.7 Å². The van der Waals surface area contributed by atoms with E-state index in [0.29, 0.717) is 118 Å². The molecule has 3 aliphatic rings. The van der Waals surface area contributed by atoms with Crippen LogP contribution in [-0.2, 0) is 119 Å². The van der Waals surface area contributed by atoms with Gasteiger partial charge in [-0.3, -0.25) is 57.6 Å². The summed E-state index contributed by atoms with van der Waals surface area (Å²) in [5.74, 6) is -5.97. The molecule has 614 valence electrons. The van der Waals surface area contributed by atoms with Crippen molar-refractivity contribution in [2.45, 2.75) is 132 Å². The number of likely N-dealkylation sites (tertiary alicyclic amines) is 1. The van der Waals surface area contributed by atoms with Crippen molar-refractivity contribution in [1.29, 1.82) is 0 Å². The van der Waals surface area contributed by atoms with Crippen LogP contribution in [0.3, 0.4) is 0 Å². The maximum Gasteiger partial charge on any atom is 0.248 e. The highest BCUT2D eigenvalue weighted by Crippen LogP contribution is 2.36. The van der Waals surface area contributed by atoms with Crippen LogP contribution in [0, 0.1) is 11.8 Å². The number of aliphatic hydroxyl groups excluding tert-OH is 3. The average Bonchev–Trinajstić information content (AvgIpc) is 1.62. The van der Waals surface area contributed by atoms with E-state index in [1.807, 2.05) is 0 Å². The predicted molar refractivity (Wildman–Crippen MR) is 391 cm³/mol.